The average molecular weight is 632 g/mol. The number of carboxylic acid groups (broad SMARTS) is 2. The quantitative estimate of drug-likeness (QED) is 0.144. The average Bonchev–Trinajstić information content (AvgIpc) is 2.54. The zero-order valence-corrected chi connectivity index (χ0v) is 19.9. The monoisotopic (exact) mass is 632 g/mol. The minimum absolute atomic E-state index is 0. The molecule has 9 nitrogen and oxygen atoms in total. The van der Waals surface area contributed by atoms with E-state index in [9.17, 15) is 19.2 Å². The van der Waals surface area contributed by atoms with E-state index in [4.69, 9.17) is 22.1 Å². The standard InChI is InChI=1S/C7H15NO2.C5H8INO3.C2H3IO2.C2H2.CH4/c1-7(2,3)10-6(9)4-5-8;6-3-4(8)7-2-1-5(9)10;3-1-2(4)5;1-2;/h4-5,8H2,1-3H3;1-3H2,(H,7,8)(H,9,10);1H2,(H,4,5);1-2H;1H4/p+1/i;;;1D;. The van der Waals surface area contributed by atoms with E-state index in [1.807, 2.05) is 43.4 Å². The molecule has 0 saturated heterocycles. The van der Waals surface area contributed by atoms with Gasteiger partial charge in [-0.25, -0.2) is 0 Å². The van der Waals surface area contributed by atoms with Gasteiger partial charge in [0.25, 0.3) is 0 Å². The lowest BCUT2D eigenvalue weighted by Crippen LogP contribution is -2.26. The number of hydrogen-bond donors (Lipinski definition) is 4. The van der Waals surface area contributed by atoms with Crippen molar-refractivity contribution in [3.63, 3.8) is 0 Å². The third-order valence-corrected chi connectivity index (χ3v) is 3.01. The molecular weight excluding hydrogens is 598 g/mol. The number of amides is 1. The van der Waals surface area contributed by atoms with Crippen LogP contribution in [0.3, 0.4) is 0 Å². The van der Waals surface area contributed by atoms with E-state index in [-0.39, 0.29) is 43.7 Å². The number of aliphatic carboxylic acids is 2. The first-order valence-corrected chi connectivity index (χ1v) is 10.5. The molecule has 0 aromatic heterocycles. The van der Waals surface area contributed by atoms with E-state index < -0.39 is 11.9 Å². The van der Waals surface area contributed by atoms with Crippen LogP contribution in [0.4, 0.5) is 0 Å². The number of alkyl halides is 2. The molecule has 5 N–H and O–H groups in total. The minimum atomic E-state index is -0.895. The molecular formula is C17H33I2N2O7+. The largest absolute Gasteiger partial charge is 1.00 e. The van der Waals surface area contributed by atoms with E-state index in [0.29, 0.717) is 17.4 Å². The zero-order valence-electron chi connectivity index (χ0n) is 17.6. The lowest BCUT2D eigenvalue weighted by atomic mass is 10.2. The van der Waals surface area contributed by atoms with Crippen LogP contribution in [-0.2, 0) is 23.9 Å². The SMILES string of the molecule is C.CC(C)(C)OC(=O)CCN.O=C(O)CCNC(=O)CI.O=C(O)CI.[2H]C#C.[H+]. The fourth-order valence-electron chi connectivity index (χ4n) is 0.866. The Hall–Kier alpha value is -1.14. The molecule has 166 valence electrons. The molecule has 0 aromatic rings. The van der Waals surface area contributed by atoms with Crippen molar-refractivity contribution in [1.29, 1.82) is 0 Å². The van der Waals surface area contributed by atoms with Crippen molar-refractivity contribution in [3.05, 3.63) is 0 Å². The number of hydrogen-bond acceptors (Lipinski definition) is 6. The number of nitrogens with one attached hydrogen (secondary N) is 1. The number of esters is 1. The Labute approximate surface area is 197 Å². The van der Waals surface area contributed by atoms with E-state index in [2.05, 4.69) is 11.7 Å². The van der Waals surface area contributed by atoms with Gasteiger partial charge in [-0.15, -0.1) is 12.8 Å². The van der Waals surface area contributed by atoms with Crippen LogP contribution in [0.15, 0.2) is 0 Å². The Bertz CT molecular complexity index is 497. The van der Waals surface area contributed by atoms with Crippen LogP contribution in [0, 0.1) is 12.8 Å². The first-order valence-electron chi connectivity index (χ1n) is 7.92. The Kier molecular flexibility index (Phi) is 31.7. The van der Waals surface area contributed by atoms with Crippen LogP contribution in [0.25, 0.3) is 0 Å². The summed E-state index contributed by atoms with van der Waals surface area (Å²) in [6.07, 6.45) is 6.06. The fraction of sp³-hybridized carbons (Fsp3) is 0.647. The molecule has 0 atom stereocenters. The molecule has 0 bridgehead atoms. The second-order valence-electron chi connectivity index (χ2n) is 5.28. The summed E-state index contributed by atoms with van der Waals surface area (Å²) in [5.41, 5.74) is 4.76. The van der Waals surface area contributed by atoms with Crippen LogP contribution in [0.5, 0.6) is 0 Å². The summed E-state index contributed by atoms with van der Waals surface area (Å²) in [6, 6.07) is 0. The fourth-order valence-corrected chi connectivity index (χ4v) is 1.14. The number of carbonyl (C=O) groups is 4. The summed E-state index contributed by atoms with van der Waals surface area (Å²) < 4.78 is 11.3. The number of ether oxygens (including phenoxy) is 1. The molecule has 0 rings (SSSR count). The van der Waals surface area contributed by atoms with Gasteiger partial charge in [0, 0.05) is 13.1 Å². The molecule has 0 unspecified atom stereocenters. The summed E-state index contributed by atoms with van der Waals surface area (Å²) in [6.45, 7) is 6.08. The van der Waals surface area contributed by atoms with Crippen molar-refractivity contribution in [2.45, 2.75) is 46.6 Å². The predicted octanol–water partition coefficient (Wildman–Crippen LogP) is 2.19. The molecule has 1 amide bonds. The number of terminal acetylenes is 1. The number of carboxylic acids is 2. The van der Waals surface area contributed by atoms with Gasteiger partial charge in [0.1, 0.15) is 6.97 Å². The van der Waals surface area contributed by atoms with E-state index in [1.165, 1.54) is 6.40 Å². The molecule has 0 aromatic carbocycles. The maximum Gasteiger partial charge on any atom is 1.00 e. The van der Waals surface area contributed by atoms with E-state index >= 15 is 0 Å². The normalized spacial score (nSPS) is 8.82. The van der Waals surface area contributed by atoms with Gasteiger partial charge in [-0.2, -0.15) is 0 Å². The Morgan fingerprint density at radius 2 is 1.57 bits per heavy atom. The van der Waals surface area contributed by atoms with Crippen molar-refractivity contribution >= 4 is 69.0 Å². The smallest absolute Gasteiger partial charge is 0.481 e. The molecule has 0 spiro atoms. The van der Waals surface area contributed by atoms with Crippen LogP contribution in [0.1, 0.15) is 43.8 Å². The van der Waals surface area contributed by atoms with Gasteiger partial charge >= 0.3 is 19.3 Å². The lowest BCUT2D eigenvalue weighted by molar-refractivity contribution is -0.154. The van der Waals surface area contributed by atoms with Crippen molar-refractivity contribution in [2.24, 2.45) is 5.73 Å². The van der Waals surface area contributed by atoms with Gasteiger partial charge in [-0.1, -0.05) is 52.6 Å². The van der Waals surface area contributed by atoms with Gasteiger partial charge in [0.2, 0.25) is 5.91 Å². The molecule has 0 aliphatic carbocycles. The van der Waals surface area contributed by atoms with Gasteiger partial charge in [-0.3, -0.25) is 19.2 Å². The van der Waals surface area contributed by atoms with Crippen LogP contribution >= 0.6 is 45.2 Å². The highest BCUT2D eigenvalue weighted by atomic mass is 127. The van der Waals surface area contributed by atoms with Gasteiger partial charge < -0.3 is 26.0 Å². The van der Waals surface area contributed by atoms with E-state index in [0.717, 1.165) is 0 Å². The van der Waals surface area contributed by atoms with Gasteiger partial charge in [0.15, 0.2) is 0 Å². The summed E-state index contributed by atoms with van der Waals surface area (Å²) in [5, 5.41) is 18.3. The Morgan fingerprint density at radius 3 is 1.82 bits per heavy atom. The molecule has 0 radical (unpaired) electrons. The molecule has 0 aliphatic rings. The first-order chi connectivity index (χ1) is 12.8. The lowest BCUT2D eigenvalue weighted by Gasteiger charge is -2.18. The maximum atomic E-state index is 10.8. The second-order valence-corrected chi connectivity index (χ2v) is 6.81. The van der Waals surface area contributed by atoms with Gasteiger partial charge in [0.05, 0.1) is 21.7 Å². The van der Waals surface area contributed by atoms with Crippen molar-refractivity contribution in [1.82, 2.24) is 5.32 Å². The number of halogens is 2. The minimum Gasteiger partial charge on any atom is -0.481 e. The highest BCUT2D eigenvalue weighted by Crippen LogP contribution is 2.07. The molecule has 0 fully saturated rings. The topological polar surface area (TPSA) is 156 Å². The zero-order chi connectivity index (χ0) is 23.2. The molecule has 11 heteroatoms. The molecule has 0 heterocycles. The predicted molar refractivity (Wildman–Crippen MR) is 128 cm³/mol. The Morgan fingerprint density at radius 1 is 1.14 bits per heavy atom. The highest BCUT2D eigenvalue weighted by Gasteiger charge is 2.14. The molecule has 0 aliphatic heterocycles. The maximum absolute atomic E-state index is 10.8. The third-order valence-electron chi connectivity index (χ3n) is 1.67. The van der Waals surface area contributed by atoms with Crippen LogP contribution in [-0.4, -0.2) is 61.6 Å². The summed E-state index contributed by atoms with van der Waals surface area (Å²) in [5.74, 6) is -2.00. The van der Waals surface area contributed by atoms with Gasteiger partial charge in [-0.05, 0) is 20.8 Å². The highest BCUT2D eigenvalue weighted by molar-refractivity contribution is 14.1. The van der Waals surface area contributed by atoms with Crippen LogP contribution < -0.4 is 11.1 Å². The Balaban J connectivity index is -0.0000000680. The number of carbonyl (C=O) groups excluding carboxylic acids is 2. The van der Waals surface area contributed by atoms with Crippen LogP contribution in [0.2, 0.25) is 0 Å². The third kappa shape index (κ3) is 49.8. The molecule has 0 saturated carbocycles. The van der Waals surface area contributed by atoms with E-state index in [1.54, 1.807) is 22.6 Å². The summed E-state index contributed by atoms with van der Waals surface area (Å²) in [4.78, 5) is 40.5. The molecule has 28 heavy (non-hydrogen) atoms. The van der Waals surface area contributed by atoms with Crippen molar-refractivity contribution < 1.29 is 36.9 Å². The van der Waals surface area contributed by atoms with Crippen molar-refractivity contribution in [3.8, 4) is 12.8 Å². The summed E-state index contributed by atoms with van der Waals surface area (Å²) in [7, 11) is 0. The number of rotatable bonds is 7. The summed E-state index contributed by atoms with van der Waals surface area (Å²) >= 11 is 3.69. The number of nitrogens with two attached hydrogens (primary N) is 1. The second kappa shape index (κ2) is 25.9. The first kappa shape index (κ1) is 34.4. The van der Waals surface area contributed by atoms with Crippen molar-refractivity contribution in [2.75, 3.05) is 21.9 Å².